The van der Waals surface area contributed by atoms with Crippen LogP contribution in [-0.2, 0) is 32.7 Å². The number of hydrogen-bond donors (Lipinski definition) is 1. The van der Waals surface area contributed by atoms with Gasteiger partial charge in [0.25, 0.3) is 0 Å². The summed E-state index contributed by atoms with van der Waals surface area (Å²) in [5.74, 6) is -0.840. The highest BCUT2D eigenvalue weighted by molar-refractivity contribution is 7.47. The Bertz CT molecular complexity index is 1970. The summed E-state index contributed by atoms with van der Waals surface area (Å²) in [4.78, 5) is 35.8. The second kappa shape index (κ2) is 63.1. The van der Waals surface area contributed by atoms with Crippen LogP contribution in [0.15, 0.2) is 158 Å². The van der Waals surface area contributed by atoms with Crippen molar-refractivity contribution in [1.82, 2.24) is 0 Å². The van der Waals surface area contributed by atoms with Crippen LogP contribution >= 0.6 is 7.82 Å². The topological polar surface area (TPSA) is 108 Å². The predicted octanol–water partition coefficient (Wildman–Crippen LogP) is 21.6. The average molecular weight is 1190 g/mol. The lowest BCUT2D eigenvalue weighted by atomic mass is 10.1. The van der Waals surface area contributed by atoms with Gasteiger partial charge in [0, 0.05) is 12.8 Å². The number of carbonyl (C=O) groups is 2. The Kier molecular flexibility index (Phi) is 59.9. The summed E-state index contributed by atoms with van der Waals surface area (Å²) >= 11 is 0. The Hall–Kier alpha value is -4.37. The molecule has 476 valence electrons. The lowest BCUT2D eigenvalue weighted by Gasteiger charge is -2.24. The number of quaternary nitrogens is 1. The molecule has 0 rings (SSSR count). The van der Waals surface area contributed by atoms with Crippen LogP contribution in [0.1, 0.15) is 245 Å². The molecule has 0 aliphatic heterocycles. The van der Waals surface area contributed by atoms with Gasteiger partial charge in [0.05, 0.1) is 27.7 Å². The molecular weight excluding hydrogens is 1060 g/mol. The maximum atomic E-state index is 12.9. The third kappa shape index (κ3) is 66.8. The number of phosphoric acid groups is 1. The molecule has 0 aliphatic rings. The average Bonchev–Trinajstić information content (AvgIpc) is 3.61. The molecule has 84 heavy (non-hydrogen) atoms. The van der Waals surface area contributed by atoms with E-state index in [1.54, 1.807) is 0 Å². The number of unbranched alkanes of at least 4 members (excludes halogenated alkanes) is 19. The van der Waals surface area contributed by atoms with Gasteiger partial charge in [-0.05, 0) is 128 Å². The second-order valence-electron chi connectivity index (χ2n) is 22.8. The molecule has 0 aromatic rings. The zero-order chi connectivity index (χ0) is 61.2. The largest absolute Gasteiger partial charge is 0.472 e. The predicted molar refractivity (Wildman–Crippen MR) is 362 cm³/mol. The monoisotopic (exact) mass is 1180 g/mol. The lowest BCUT2D eigenvalue weighted by Crippen LogP contribution is -2.37. The summed E-state index contributed by atoms with van der Waals surface area (Å²) in [6, 6.07) is 0. The maximum Gasteiger partial charge on any atom is 0.472 e. The Labute approximate surface area is 516 Å². The number of phosphoric ester groups is 1. The van der Waals surface area contributed by atoms with Crippen LogP contribution in [-0.4, -0.2) is 74.9 Å². The van der Waals surface area contributed by atoms with Gasteiger partial charge in [-0.1, -0.05) is 262 Å². The van der Waals surface area contributed by atoms with Crippen LogP contribution in [0.4, 0.5) is 0 Å². The summed E-state index contributed by atoms with van der Waals surface area (Å²) in [5, 5.41) is 0. The van der Waals surface area contributed by atoms with Gasteiger partial charge in [-0.2, -0.15) is 0 Å². The van der Waals surface area contributed by atoms with Crippen molar-refractivity contribution in [3.63, 3.8) is 0 Å². The highest BCUT2D eigenvalue weighted by Gasteiger charge is 2.27. The molecule has 0 aromatic carbocycles. The minimum Gasteiger partial charge on any atom is -0.462 e. The van der Waals surface area contributed by atoms with E-state index in [4.69, 9.17) is 18.5 Å². The van der Waals surface area contributed by atoms with Crippen LogP contribution in [0.3, 0.4) is 0 Å². The van der Waals surface area contributed by atoms with E-state index in [2.05, 4.69) is 172 Å². The molecule has 0 heterocycles. The molecule has 0 aromatic heterocycles. The number of likely N-dealkylation sites (N-methyl/N-ethyl adjacent to an activating group) is 1. The van der Waals surface area contributed by atoms with E-state index in [0.717, 1.165) is 135 Å². The normalized spacial score (nSPS) is 14.2. The van der Waals surface area contributed by atoms with Crippen molar-refractivity contribution in [3.8, 4) is 0 Å². The fourth-order valence-electron chi connectivity index (χ4n) is 8.46. The molecule has 1 N–H and O–H groups in total. The summed E-state index contributed by atoms with van der Waals surface area (Å²) < 4.78 is 34.6. The standard InChI is InChI=1S/C74H122NO8P/c1-6-8-10-12-14-16-18-20-22-24-26-28-30-32-33-34-35-36-37-38-39-40-41-43-45-47-49-51-53-55-57-59-61-63-65-67-74(77)83-72(71-82-84(78,79)81-69-68-75(3,4)5)70-80-73(76)66-64-62-60-58-56-54-52-50-48-46-44-42-31-29-27-25-23-21-19-17-15-13-11-9-7-2/h8,10,14,16,19-22,25-28,31-33,35-36,38-39,41-43,47,49,53,55,72H,6-7,9,11-13,15,17-18,23-24,29-30,34,37,40,44-46,48,50-52,54,56-71H2,1-5H3/p+1/b10-8-,16-14-,21-19-,22-20-,27-25-,28-26-,33-32-,36-35-,39-38-,42-31-,43-41-,49-47-,55-53-. The number of rotatable bonds is 59. The lowest BCUT2D eigenvalue weighted by molar-refractivity contribution is -0.870. The van der Waals surface area contributed by atoms with E-state index in [-0.39, 0.29) is 32.0 Å². The molecule has 0 fully saturated rings. The minimum absolute atomic E-state index is 0.0169. The fourth-order valence-corrected chi connectivity index (χ4v) is 9.20. The van der Waals surface area contributed by atoms with Crippen molar-refractivity contribution in [2.24, 2.45) is 0 Å². The summed E-state index contributed by atoms with van der Waals surface area (Å²) in [6.45, 7) is 4.26. The van der Waals surface area contributed by atoms with E-state index < -0.39 is 26.5 Å². The number of nitrogens with zero attached hydrogens (tertiary/aromatic N) is 1. The number of allylic oxidation sites excluding steroid dienone is 26. The molecule has 10 heteroatoms. The Morgan fingerprint density at radius 1 is 0.381 bits per heavy atom. The third-order valence-corrected chi connectivity index (χ3v) is 14.5. The van der Waals surface area contributed by atoms with Gasteiger partial charge >= 0.3 is 19.8 Å². The van der Waals surface area contributed by atoms with Crippen molar-refractivity contribution < 1.29 is 42.1 Å². The third-order valence-electron chi connectivity index (χ3n) is 13.5. The quantitative estimate of drug-likeness (QED) is 0.0211. The minimum atomic E-state index is -4.41. The summed E-state index contributed by atoms with van der Waals surface area (Å²) in [7, 11) is 1.44. The maximum absolute atomic E-state index is 12.9. The van der Waals surface area contributed by atoms with E-state index in [1.165, 1.54) is 77.0 Å². The highest BCUT2D eigenvalue weighted by Crippen LogP contribution is 2.43. The van der Waals surface area contributed by atoms with Gasteiger partial charge in [0.15, 0.2) is 6.10 Å². The number of carbonyl (C=O) groups excluding carboxylic acids is 2. The van der Waals surface area contributed by atoms with Gasteiger partial charge in [-0.3, -0.25) is 18.6 Å². The van der Waals surface area contributed by atoms with Crippen molar-refractivity contribution in [2.45, 2.75) is 251 Å². The van der Waals surface area contributed by atoms with E-state index in [9.17, 15) is 19.0 Å². The molecule has 0 radical (unpaired) electrons. The number of esters is 2. The first-order valence-corrected chi connectivity index (χ1v) is 34.7. The van der Waals surface area contributed by atoms with Crippen LogP contribution in [0.5, 0.6) is 0 Å². The van der Waals surface area contributed by atoms with E-state index in [1.807, 2.05) is 21.1 Å². The first-order chi connectivity index (χ1) is 41.0. The van der Waals surface area contributed by atoms with Crippen LogP contribution in [0.2, 0.25) is 0 Å². The van der Waals surface area contributed by atoms with Crippen molar-refractivity contribution in [3.05, 3.63) is 158 Å². The van der Waals surface area contributed by atoms with Crippen LogP contribution in [0.25, 0.3) is 0 Å². The molecule has 0 bridgehead atoms. The molecule has 2 unspecified atom stereocenters. The van der Waals surface area contributed by atoms with E-state index >= 15 is 0 Å². The van der Waals surface area contributed by atoms with Gasteiger partial charge in [-0.25, -0.2) is 4.57 Å². The Morgan fingerprint density at radius 3 is 1.01 bits per heavy atom. The molecule has 0 saturated carbocycles. The first kappa shape index (κ1) is 79.6. The molecular formula is C74H123NO8P+. The molecule has 2 atom stereocenters. The Balaban J connectivity index is 4.23. The van der Waals surface area contributed by atoms with Gasteiger partial charge in [0.1, 0.15) is 19.8 Å². The summed E-state index contributed by atoms with van der Waals surface area (Å²) in [5.41, 5.74) is 0. The van der Waals surface area contributed by atoms with Gasteiger partial charge < -0.3 is 18.9 Å². The van der Waals surface area contributed by atoms with Crippen LogP contribution in [0, 0.1) is 0 Å². The zero-order valence-corrected chi connectivity index (χ0v) is 55.0. The van der Waals surface area contributed by atoms with E-state index in [0.29, 0.717) is 17.4 Å². The van der Waals surface area contributed by atoms with Crippen molar-refractivity contribution >= 4 is 19.8 Å². The molecule has 0 saturated heterocycles. The molecule has 9 nitrogen and oxygen atoms in total. The van der Waals surface area contributed by atoms with Crippen LogP contribution < -0.4 is 0 Å². The smallest absolute Gasteiger partial charge is 0.462 e. The zero-order valence-electron chi connectivity index (χ0n) is 54.1. The second-order valence-corrected chi connectivity index (χ2v) is 24.2. The summed E-state index contributed by atoms with van der Waals surface area (Å²) in [6.07, 6.45) is 94.7. The van der Waals surface area contributed by atoms with Crippen molar-refractivity contribution in [2.75, 3.05) is 47.5 Å². The molecule has 0 aliphatic carbocycles. The van der Waals surface area contributed by atoms with Gasteiger partial charge in [-0.15, -0.1) is 0 Å². The van der Waals surface area contributed by atoms with Gasteiger partial charge in [0.2, 0.25) is 0 Å². The SMILES string of the molecule is CC/C=C\C/C=C\C/C=C\C/C=C\C/C=C\C/C=C\C/C=C\C/C=C\C/C=C\C/C=C\CCCCCCC(=O)OC(COC(=O)CCCCCCCCCCCC/C=C\C/C=C\C/C=C\CCCCCCC)COP(=O)(O)OCC[N+](C)(C)C. The molecule has 0 spiro atoms. The first-order valence-electron chi connectivity index (χ1n) is 33.2. The highest BCUT2D eigenvalue weighted by atomic mass is 31.2. The Morgan fingerprint density at radius 2 is 0.679 bits per heavy atom. The fraction of sp³-hybridized carbons (Fsp3) is 0.622. The van der Waals surface area contributed by atoms with Crippen molar-refractivity contribution in [1.29, 1.82) is 0 Å². The number of ether oxygens (including phenoxy) is 2. The molecule has 0 amide bonds. The number of hydrogen-bond acceptors (Lipinski definition) is 7.